The zero-order valence-electron chi connectivity index (χ0n) is 10.6. The highest BCUT2D eigenvalue weighted by atomic mass is 35.5. The van der Waals surface area contributed by atoms with Crippen LogP contribution in [0, 0.1) is 0 Å². The van der Waals surface area contributed by atoms with Gasteiger partial charge in [0.2, 0.25) is 0 Å². The Balaban J connectivity index is 1.91. The molecule has 0 spiro atoms. The third-order valence-corrected chi connectivity index (χ3v) is 3.38. The molecule has 2 aromatic carbocycles. The number of amides is 1. The summed E-state index contributed by atoms with van der Waals surface area (Å²) in [5.41, 5.74) is 2.92. The molecule has 4 N–H and O–H groups in total. The number of carbonyl (C=O) groups excluding carboxylic acids is 1. The summed E-state index contributed by atoms with van der Waals surface area (Å²) in [6.07, 6.45) is -0.605. The molecule has 21 heavy (non-hydrogen) atoms. The highest BCUT2D eigenvalue weighted by Crippen LogP contribution is 2.41. The lowest BCUT2D eigenvalue weighted by atomic mass is 10.1. The summed E-state index contributed by atoms with van der Waals surface area (Å²) in [6, 6.07) is 9.33. The molecule has 1 amide bonds. The maximum absolute atomic E-state index is 11.4. The number of phenols is 1. The molecule has 0 bridgehead atoms. The molecule has 108 valence electrons. The van der Waals surface area contributed by atoms with E-state index in [0.717, 1.165) is 0 Å². The van der Waals surface area contributed by atoms with E-state index >= 15 is 0 Å². The largest absolute Gasteiger partial charge is 0.507 e. The van der Waals surface area contributed by atoms with Crippen LogP contribution in [0.2, 0.25) is 5.02 Å². The number of hydrogen-bond donors (Lipinski definition) is 4. The van der Waals surface area contributed by atoms with E-state index < -0.39 is 12.1 Å². The molecule has 0 saturated heterocycles. The molecule has 3 rings (SSSR count). The van der Waals surface area contributed by atoms with E-state index in [4.69, 9.17) is 21.5 Å². The van der Waals surface area contributed by atoms with Crippen molar-refractivity contribution in [1.29, 1.82) is 0 Å². The zero-order valence-corrected chi connectivity index (χ0v) is 11.4. The molecular weight excluding hydrogens is 296 g/mol. The van der Waals surface area contributed by atoms with Crippen LogP contribution >= 0.6 is 11.6 Å². The minimum Gasteiger partial charge on any atom is -0.507 e. The van der Waals surface area contributed by atoms with Crippen LogP contribution in [0.4, 0.5) is 5.69 Å². The summed E-state index contributed by atoms with van der Waals surface area (Å²) < 4.78 is 5.67. The number of carbonyl (C=O) groups is 1. The first-order valence-electron chi connectivity index (χ1n) is 6.08. The maximum Gasteiger partial charge on any atom is 0.274 e. The summed E-state index contributed by atoms with van der Waals surface area (Å²) in [4.78, 5) is 11.4. The monoisotopic (exact) mass is 306 g/mol. The van der Waals surface area contributed by atoms with Crippen LogP contribution in [0.15, 0.2) is 36.4 Å². The molecule has 0 aliphatic carbocycles. The van der Waals surface area contributed by atoms with Gasteiger partial charge in [-0.25, -0.2) is 5.48 Å². The number of phenolic OH excluding ortho intramolecular Hbond substituents is 1. The maximum atomic E-state index is 11.4. The summed E-state index contributed by atoms with van der Waals surface area (Å²) in [7, 11) is 0. The fourth-order valence-corrected chi connectivity index (χ4v) is 2.31. The van der Waals surface area contributed by atoms with Crippen LogP contribution < -0.4 is 15.5 Å². The van der Waals surface area contributed by atoms with Gasteiger partial charge in [0.05, 0.1) is 11.3 Å². The van der Waals surface area contributed by atoms with Crippen molar-refractivity contribution in [3.8, 4) is 11.5 Å². The second-order valence-electron chi connectivity index (χ2n) is 4.50. The Morgan fingerprint density at radius 2 is 2.10 bits per heavy atom. The highest BCUT2D eigenvalue weighted by molar-refractivity contribution is 6.30. The van der Waals surface area contributed by atoms with Gasteiger partial charge in [0.25, 0.3) is 5.91 Å². The van der Waals surface area contributed by atoms with Crippen LogP contribution in [-0.4, -0.2) is 16.2 Å². The molecule has 7 heteroatoms. The number of ether oxygens (including phenoxy) is 1. The number of halogens is 1. The minimum absolute atomic E-state index is 0.0537. The van der Waals surface area contributed by atoms with E-state index in [2.05, 4.69) is 5.32 Å². The van der Waals surface area contributed by atoms with Crippen molar-refractivity contribution in [3.05, 3.63) is 52.5 Å². The Morgan fingerprint density at radius 1 is 1.29 bits per heavy atom. The van der Waals surface area contributed by atoms with E-state index in [-0.39, 0.29) is 11.3 Å². The third kappa shape index (κ3) is 2.46. The Hall–Kier alpha value is -2.44. The smallest absolute Gasteiger partial charge is 0.274 e. The molecule has 1 heterocycles. The van der Waals surface area contributed by atoms with E-state index in [1.54, 1.807) is 29.7 Å². The van der Waals surface area contributed by atoms with Crippen molar-refractivity contribution in [2.45, 2.75) is 6.23 Å². The third-order valence-electron chi connectivity index (χ3n) is 3.15. The molecule has 0 aromatic heterocycles. The Labute approximate surface area is 124 Å². The van der Waals surface area contributed by atoms with Crippen molar-refractivity contribution in [1.82, 2.24) is 5.48 Å². The van der Waals surface area contributed by atoms with E-state index in [1.807, 2.05) is 0 Å². The summed E-state index contributed by atoms with van der Waals surface area (Å²) in [5, 5.41) is 22.0. The van der Waals surface area contributed by atoms with Crippen molar-refractivity contribution in [2.24, 2.45) is 0 Å². The second-order valence-corrected chi connectivity index (χ2v) is 4.93. The normalized spacial score (nSPS) is 15.8. The van der Waals surface area contributed by atoms with Gasteiger partial charge < -0.3 is 15.2 Å². The van der Waals surface area contributed by atoms with Crippen molar-refractivity contribution < 1.29 is 19.8 Å². The van der Waals surface area contributed by atoms with Gasteiger partial charge in [0, 0.05) is 10.6 Å². The lowest BCUT2D eigenvalue weighted by Crippen LogP contribution is -2.18. The van der Waals surface area contributed by atoms with Crippen molar-refractivity contribution in [3.63, 3.8) is 0 Å². The first kappa shape index (κ1) is 13.5. The molecule has 1 unspecified atom stereocenters. The second kappa shape index (κ2) is 5.16. The fraction of sp³-hybridized carbons (Fsp3) is 0.0714. The molecule has 0 radical (unpaired) electrons. The number of anilines is 1. The van der Waals surface area contributed by atoms with E-state index in [0.29, 0.717) is 22.0 Å². The topological polar surface area (TPSA) is 90.8 Å². The highest BCUT2D eigenvalue weighted by Gasteiger charge is 2.26. The van der Waals surface area contributed by atoms with Gasteiger partial charge in [-0.3, -0.25) is 10.0 Å². The first-order valence-corrected chi connectivity index (χ1v) is 6.46. The number of fused-ring (bicyclic) bond motifs is 1. The summed E-state index contributed by atoms with van der Waals surface area (Å²) in [6.45, 7) is 0. The van der Waals surface area contributed by atoms with Crippen molar-refractivity contribution in [2.75, 3.05) is 5.32 Å². The minimum atomic E-state index is -0.617. The Kier molecular flexibility index (Phi) is 3.32. The number of hydrogen-bond acceptors (Lipinski definition) is 5. The Bertz CT molecular complexity index is 720. The van der Waals surface area contributed by atoms with Gasteiger partial charge in [0.1, 0.15) is 11.5 Å². The summed E-state index contributed by atoms with van der Waals surface area (Å²) >= 11 is 5.92. The quantitative estimate of drug-likeness (QED) is 0.506. The average Bonchev–Trinajstić information content (AvgIpc) is 2.91. The van der Waals surface area contributed by atoms with Crippen LogP contribution in [0.5, 0.6) is 11.5 Å². The lowest BCUT2D eigenvalue weighted by molar-refractivity contribution is 0.0706. The van der Waals surface area contributed by atoms with Crippen LogP contribution in [0.3, 0.4) is 0 Å². The molecule has 1 aliphatic heterocycles. The predicted molar refractivity (Wildman–Crippen MR) is 75.8 cm³/mol. The predicted octanol–water partition coefficient (Wildman–Crippen LogP) is 2.67. The molecular formula is C14H11ClN2O4. The molecule has 2 aromatic rings. The number of aromatic hydroxyl groups is 1. The molecule has 0 saturated carbocycles. The van der Waals surface area contributed by atoms with Gasteiger partial charge in [-0.15, -0.1) is 0 Å². The number of rotatable bonds is 2. The fourth-order valence-electron chi connectivity index (χ4n) is 2.13. The number of benzene rings is 2. The number of nitrogens with one attached hydrogen (secondary N) is 2. The van der Waals surface area contributed by atoms with Gasteiger partial charge in [0.15, 0.2) is 6.23 Å². The van der Waals surface area contributed by atoms with Crippen LogP contribution in [0.25, 0.3) is 0 Å². The van der Waals surface area contributed by atoms with Gasteiger partial charge in [-0.2, -0.15) is 0 Å². The van der Waals surface area contributed by atoms with Gasteiger partial charge >= 0.3 is 0 Å². The Morgan fingerprint density at radius 3 is 2.86 bits per heavy atom. The van der Waals surface area contributed by atoms with Gasteiger partial charge in [-0.05, 0) is 36.4 Å². The van der Waals surface area contributed by atoms with E-state index in [1.165, 1.54) is 12.1 Å². The first-order chi connectivity index (χ1) is 10.1. The summed E-state index contributed by atoms with van der Waals surface area (Å²) in [5.74, 6) is -0.0273. The van der Waals surface area contributed by atoms with Crippen LogP contribution in [-0.2, 0) is 0 Å². The number of hydroxylamine groups is 1. The standard InChI is InChI=1S/C14H11ClN2O4/c15-8-2-3-11(18)9(6-8)14-16-10-5-7(13(19)17-20)1-4-12(10)21-14/h1-6,14,16,18,20H,(H,17,19). The average molecular weight is 307 g/mol. The van der Waals surface area contributed by atoms with Gasteiger partial charge in [-0.1, -0.05) is 11.6 Å². The van der Waals surface area contributed by atoms with E-state index in [9.17, 15) is 9.90 Å². The molecule has 1 aliphatic rings. The molecule has 1 atom stereocenters. The van der Waals surface area contributed by atoms with Crippen molar-refractivity contribution >= 4 is 23.2 Å². The SMILES string of the molecule is O=C(NO)c1ccc2c(c1)NC(c1cc(Cl)ccc1O)O2. The van der Waals surface area contributed by atoms with Crippen LogP contribution in [0.1, 0.15) is 22.1 Å². The molecule has 0 fully saturated rings. The molecule has 6 nitrogen and oxygen atoms in total. The zero-order chi connectivity index (χ0) is 15.0. The lowest BCUT2D eigenvalue weighted by Gasteiger charge is -2.13.